The van der Waals surface area contributed by atoms with E-state index in [-0.39, 0.29) is 11.2 Å². The largest absolute Gasteiger partial charge is 0.378 e. The minimum absolute atomic E-state index is 0.276. The number of methoxy groups -OCH3 is 1. The summed E-state index contributed by atoms with van der Waals surface area (Å²) >= 11 is 6.06. The first kappa shape index (κ1) is 13.7. The lowest BCUT2D eigenvalue weighted by Gasteiger charge is -2.41. The summed E-state index contributed by atoms with van der Waals surface area (Å²) in [6, 6.07) is 1.29. The van der Waals surface area contributed by atoms with Crippen molar-refractivity contribution in [1.82, 2.24) is 0 Å². The monoisotopic (exact) mass is 278 g/mol. The molecule has 1 aliphatic carbocycles. The molecule has 18 heavy (non-hydrogen) atoms. The molecule has 0 aliphatic heterocycles. The van der Waals surface area contributed by atoms with E-state index in [1.807, 2.05) is 0 Å². The molecule has 0 bridgehead atoms. The molecule has 0 saturated heterocycles. The predicted molar refractivity (Wildman–Crippen MR) is 63.1 cm³/mol. The standard InChI is InChI=1S/C13H14ClF3O/c1-18-13(3-2-4-13)7-9(14)12-10(16)5-8(15)6-11(12)17/h5-6,9H,2-4,7H2,1H3. The van der Waals surface area contributed by atoms with Gasteiger partial charge in [-0.25, -0.2) is 13.2 Å². The second-order valence-electron chi connectivity index (χ2n) is 4.70. The molecule has 0 radical (unpaired) electrons. The highest BCUT2D eigenvalue weighted by Gasteiger charge is 2.40. The van der Waals surface area contributed by atoms with Gasteiger partial charge in [0.2, 0.25) is 0 Å². The number of benzene rings is 1. The zero-order chi connectivity index (χ0) is 13.3. The van der Waals surface area contributed by atoms with Crippen molar-refractivity contribution in [3.8, 4) is 0 Å². The molecule has 1 aromatic carbocycles. The number of hydrogen-bond acceptors (Lipinski definition) is 1. The molecule has 0 spiro atoms. The zero-order valence-corrected chi connectivity index (χ0v) is 10.7. The molecule has 1 aliphatic rings. The van der Waals surface area contributed by atoms with E-state index in [0.717, 1.165) is 19.3 Å². The van der Waals surface area contributed by atoms with Gasteiger partial charge >= 0.3 is 0 Å². The Morgan fingerprint density at radius 2 is 1.83 bits per heavy atom. The fourth-order valence-corrected chi connectivity index (χ4v) is 2.83. The van der Waals surface area contributed by atoms with Gasteiger partial charge in [-0.05, 0) is 25.7 Å². The summed E-state index contributed by atoms with van der Waals surface area (Å²) in [7, 11) is 1.57. The number of alkyl halides is 1. The van der Waals surface area contributed by atoms with E-state index in [1.54, 1.807) is 7.11 Å². The molecule has 1 saturated carbocycles. The van der Waals surface area contributed by atoms with Crippen molar-refractivity contribution in [2.24, 2.45) is 0 Å². The molecule has 5 heteroatoms. The van der Waals surface area contributed by atoms with Crippen molar-refractivity contribution in [3.05, 3.63) is 35.1 Å². The fourth-order valence-electron chi connectivity index (χ4n) is 2.34. The molecule has 1 fully saturated rings. The van der Waals surface area contributed by atoms with E-state index < -0.39 is 22.8 Å². The molecular weight excluding hydrogens is 265 g/mol. The number of ether oxygens (including phenoxy) is 1. The maximum Gasteiger partial charge on any atom is 0.133 e. The van der Waals surface area contributed by atoms with E-state index in [4.69, 9.17) is 16.3 Å². The summed E-state index contributed by atoms with van der Waals surface area (Å²) < 4.78 is 45.3. The van der Waals surface area contributed by atoms with Gasteiger partial charge in [0.25, 0.3) is 0 Å². The highest BCUT2D eigenvalue weighted by molar-refractivity contribution is 6.20. The minimum atomic E-state index is -0.946. The maximum absolute atomic E-state index is 13.6. The SMILES string of the molecule is COC1(CC(Cl)c2c(F)cc(F)cc2F)CCC1. The van der Waals surface area contributed by atoms with Crippen LogP contribution in [0.3, 0.4) is 0 Å². The lowest BCUT2D eigenvalue weighted by Crippen LogP contribution is -2.40. The van der Waals surface area contributed by atoms with E-state index in [1.165, 1.54) is 0 Å². The number of halogens is 4. The van der Waals surface area contributed by atoms with Gasteiger partial charge < -0.3 is 4.74 Å². The van der Waals surface area contributed by atoms with Crippen molar-refractivity contribution in [2.75, 3.05) is 7.11 Å². The van der Waals surface area contributed by atoms with Gasteiger partial charge in [0, 0.05) is 24.8 Å². The van der Waals surface area contributed by atoms with E-state index in [9.17, 15) is 13.2 Å². The highest BCUT2D eigenvalue weighted by atomic mass is 35.5. The highest BCUT2D eigenvalue weighted by Crippen LogP contribution is 2.44. The van der Waals surface area contributed by atoms with E-state index in [0.29, 0.717) is 18.6 Å². The van der Waals surface area contributed by atoms with Crippen LogP contribution in [0.5, 0.6) is 0 Å². The molecule has 2 rings (SSSR count). The third kappa shape index (κ3) is 2.50. The second kappa shape index (κ2) is 5.10. The van der Waals surface area contributed by atoms with Gasteiger partial charge in [0.05, 0.1) is 11.0 Å². The smallest absolute Gasteiger partial charge is 0.133 e. The van der Waals surface area contributed by atoms with Crippen molar-refractivity contribution < 1.29 is 17.9 Å². The third-order valence-electron chi connectivity index (χ3n) is 3.61. The fraction of sp³-hybridized carbons (Fsp3) is 0.538. The van der Waals surface area contributed by atoms with Crippen molar-refractivity contribution >= 4 is 11.6 Å². The Hall–Kier alpha value is -0.740. The molecule has 0 heterocycles. The lowest BCUT2D eigenvalue weighted by atomic mass is 9.76. The van der Waals surface area contributed by atoms with E-state index in [2.05, 4.69) is 0 Å². The van der Waals surface area contributed by atoms with Crippen LogP contribution in [0.1, 0.15) is 36.6 Å². The summed E-state index contributed by atoms with van der Waals surface area (Å²) in [5, 5.41) is -0.856. The average molecular weight is 279 g/mol. The Morgan fingerprint density at radius 1 is 1.28 bits per heavy atom. The molecule has 100 valence electrons. The first-order chi connectivity index (χ1) is 8.47. The number of hydrogen-bond donors (Lipinski definition) is 0. The Balaban J connectivity index is 2.21. The van der Waals surface area contributed by atoms with Gasteiger partial charge in [-0.3, -0.25) is 0 Å². The minimum Gasteiger partial charge on any atom is -0.378 e. The van der Waals surface area contributed by atoms with Crippen molar-refractivity contribution in [1.29, 1.82) is 0 Å². The molecule has 1 aromatic rings. The van der Waals surface area contributed by atoms with Crippen LogP contribution in [-0.4, -0.2) is 12.7 Å². The molecular formula is C13H14ClF3O. The van der Waals surface area contributed by atoms with Gasteiger partial charge in [0.15, 0.2) is 0 Å². The molecule has 0 N–H and O–H groups in total. The predicted octanol–water partition coefficient (Wildman–Crippen LogP) is 4.34. The van der Waals surface area contributed by atoms with Crippen molar-refractivity contribution in [2.45, 2.75) is 36.7 Å². The van der Waals surface area contributed by atoms with Crippen LogP contribution in [0, 0.1) is 17.5 Å². The molecule has 1 unspecified atom stereocenters. The normalized spacial score (nSPS) is 19.4. The average Bonchev–Trinajstić information content (AvgIpc) is 2.21. The van der Waals surface area contributed by atoms with E-state index >= 15 is 0 Å². The topological polar surface area (TPSA) is 9.23 Å². The van der Waals surface area contributed by atoms with Crippen LogP contribution in [0.4, 0.5) is 13.2 Å². The Morgan fingerprint density at radius 3 is 2.22 bits per heavy atom. The van der Waals surface area contributed by atoms with Crippen LogP contribution in [0.25, 0.3) is 0 Å². The number of rotatable bonds is 4. The zero-order valence-electron chi connectivity index (χ0n) is 9.98. The van der Waals surface area contributed by atoms with Gasteiger partial charge in [-0.1, -0.05) is 0 Å². The first-order valence-corrected chi connectivity index (χ1v) is 6.25. The van der Waals surface area contributed by atoms with Crippen molar-refractivity contribution in [3.63, 3.8) is 0 Å². The Labute approximate surface area is 109 Å². The summed E-state index contributed by atoms with van der Waals surface area (Å²) in [5.41, 5.74) is -0.666. The Kier molecular flexibility index (Phi) is 3.87. The summed E-state index contributed by atoms with van der Waals surface area (Å²) in [6.45, 7) is 0. The third-order valence-corrected chi connectivity index (χ3v) is 3.98. The van der Waals surface area contributed by atoms with Gasteiger partial charge in [-0.2, -0.15) is 0 Å². The lowest BCUT2D eigenvalue weighted by molar-refractivity contribution is -0.0782. The van der Waals surface area contributed by atoms with Gasteiger partial charge in [0.1, 0.15) is 17.5 Å². The van der Waals surface area contributed by atoms with Crippen LogP contribution < -0.4 is 0 Å². The maximum atomic E-state index is 13.6. The van der Waals surface area contributed by atoms with Crippen LogP contribution >= 0.6 is 11.6 Å². The molecule has 1 atom stereocenters. The second-order valence-corrected chi connectivity index (χ2v) is 5.22. The molecule has 1 nitrogen and oxygen atoms in total. The summed E-state index contributed by atoms with van der Waals surface area (Å²) in [4.78, 5) is 0. The first-order valence-electron chi connectivity index (χ1n) is 5.81. The summed E-state index contributed by atoms with van der Waals surface area (Å²) in [6.07, 6.45) is 3.00. The Bertz CT molecular complexity index is 417. The van der Waals surface area contributed by atoms with Crippen LogP contribution in [-0.2, 0) is 4.74 Å². The van der Waals surface area contributed by atoms with Crippen LogP contribution in [0.2, 0.25) is 0 Å². The van der Waals surface area contributed by atoms with Gasteiger partial charge in [-0.15, -0.1) is 11.6 Å². The molecule has 0 aromatic heterocycles. The quantitative estimate of drug-likeness (QED) is 0.744. The van der Waals surface area contributed by atoms with Crippen LogP contribution in [0.15, 0.2) is 12.1 Å². The molecule has 0 amide bonds. The summed E-state index contributed by atoms with van der Waals surface area (Å²) in [5.74, 6) is -2.83.